The lowest BCUT2D eigenvalue weighted by atomic mass is 9.86. The van der Waals surface area contributed by atoms with E-state index in [9.17, 15) is 9.59 Å². The molecule has 1 atom stereocenters. The first-order valence-corrected chi connectivity index (χ1v) is 9.77. The van der Waals surface area contributed by atoms with E-state index in [2.05, 4.69) is 5.32 Å². The van der Waals surface area contributed by atoms with E-state index in [1.165, 1.54) is 32.1 Å². The number of hydrogen-bond donors (Lipinski definition) is 1. The van der Waals surface area contributed by atoms with Gasteiger partial charge >= 0.3 is 0 Å². The van der Waals surface area contributed by atoms with Crippen LogP contribution in [0, 0.1) is 5.92 Å². The number of amides is 2. The Balaban J connectivity index is 1.42. The normalized spacial score (nSPS) is 27.2. The Morgan fingerprint density at radius 3 is 2.32 bits per heavy atom. The summed E-state index contributed by atoms with van der Waals surface area (Å²) in [6, 6.07) is -0.0190. The Morgan fingerprint density at radius 2 is 1.68 bits per heavy atom. The molecule has 0 radical (unpaired) electrons. The quantitative estimate of drug-likeness (QED) is 0.849. The van der Waals surface area contributed by atoms with Gasteiger partial charge in [-0.2, -0.15) is 0 Å². The van der Waals surface area contributed by atoms with Gasteiger partial charge in [-0.05, 0) is 18.8 Å². The molecule has 3 fully saturated rings. The minimum atomic E-state index is -0.0190. The standard InChI is InChI=1S/C16H27N3O2S/c20-15(10-13-4-2-1-3-5-13)18-6-8-19(9-7-18)16(21)14-11-22-12-17-14/h13-14,17H,1-12H2. The van der Waals surface area contributed by atoms with Crippen molar-refractivity contribution < 1.29 is 9.59 Å². The summed E-state index contributed by atoms with van der Waals surface area (Å²) in [4.78, 5) is 28.6. The van der Waals surface area contributed by atoms with Gasteiger partial charge in [0.25, 0.3) is 0 Å². The van der Waals surface area contributed by atoms with Crippen LogP contribution in [0.25, 0.3) is 0 Å². The Morgan fingerprint density at radius 1 is 1.00 bits per heavy atom. The molecule has 1 N–H and O–H groups in total. The summed E-state index contributed by atoms with van der Waals surface area (Å²) >= 11 is 1.78. The lowest BCUT2D eigenvalue weighted by Gasteiger charge is -2.36. The van der Waals surface area contributed by atoms with E-state index in [1.54, 1.807) is 11.8 Å². The van der Waals surface area contributed by atoms with Gasteiger partial charge in [-0.3, -0.25) is 14.9 Å². The number of piperazine rings is 1. The van der Waals surface area contributed by atoms with Gasteiger partial charge in [0.1, 0.15) is 0 Å². The van der Waals surface area contributed by atoms with Crippen molar-refractivity contribution in [3.05, 3.63) is 0 Å². The molecule has 0 aromatic heterocycles. The summed E-state index contributed by atoms with van der Waals surface area (Å²) in [5.41, 5.74) is 0. The van der Waals surface area contributed by atoms with Crippen LogP contribution in [0.4, 0.5) is 0 Å². The fourth-order valence-electron chi connectivity index (χ4n) is 3.72. The van der Waals surface area contributed by atoms with Crippen LogP contribution in [-0.4, -0.2) is 65.5 Å². The van der Waals surface area contributed by atoms with Crippen LogP contribution in [0.15, 0.2) is 0 Å². The van der Waals surface area contributed by atoms with Gasteiger partial charge in [-0.1, -0.05) is 19.3 Å². The molecule has 2 aliphatic heterocycles. The maximum atomic E-state index is 12.4. The molecule has 0 bridgehead atoms. The molecular formula is C16H27N3O2S. The van der Waals surface area contributed by atoms with Gasteiger partial charge in [-0.25, -0.2) is 0 Å². The molecule has 0 aromatic rings. The fraction of sp³-hybridized carbons (Fsp3) is 0.875. The van der Waals surface area contributed by atoms with Crippen molar-refractivity contribution in [3.63, 3.8) is 0 Å². The number of thioether (sulfide) groups is 1. The molecule has 6 heteroatoms. The van der Waals surface area contributed by atoms with Crippen molar-refractivity contribution in [3.8, 4) is 0 Å². The average molecular weight is 325 g/mol. The Kier molecular flexibility index (Phi) is 5.63. The molecular weight excluding hydrogens is 298 g/mol. The van der Waals surface area contributed by atoms with Crippen molar-refractivity contribution in [1.29, 1.82) is 0 Å². The largest absolute Gasteiger partial charge is 0.339 e. The van der Waals surface area contributed by atoms with E-state index in [0.717, 1.165) is 18.1 Å². The van der Waals surface area contributed by atoms with Crippen molar-refractivity contribution in [2.24, 2.45) is 5.92 Å². The SMILES string of the molecule is O=C(CC1CCCCC1)N1CCN(C(=O)C2CSCN2)CC1. The van der Waals surface area contributed by atoms with Gasteiger partial charge in [-0.15, -0.1) is 11.8 Å². The summed E-state index contributed by atoms with van der Waals surface area (Å²) in [6.45, 7) is 2.80. The first kappa shape index (κ1) is 16.1. The molecule has 1 unspecified atom stereocenters. The molecule has 2 saturated heterocycles. The molecule has 0 spiro atoms. The van der Waals surface area contributed by atoms with Gasteiger partial charge in [0.15, 0.2) is 0 Å². The van der Waals surface area contributed by atoms with Crippen LogP contribution in [0.3, 0.4) is 0 Å². The van der Waals surface area contributed by atoms with Gasteiger partial charge in [0, 0.05) is 44.2 Å². The molecule has 124 valence electrons. The molecule has 3 aliphatic rings. The Labute approximate surface area is 137 Å². The summed E-state index contributed by atoms with van der Waals surface area (Å²) in [5.74, 6) is 2.86. The number of nitrogens with one attached hydrogen (secondary N) is 1. The van der Waals surface area contributed by atoms with Crippen LogP contribution in [0.1, 0.15) is 38.5 Å². The maximum absolute atomic E-state index is 12.4. The van der Waals surface area contributed by atoms with E-state index in [-0.39, 0.29) is 11.9 Å². The zero-order valence-corrected chi connectivity index (χ0v) is 14.1. The second kappa shape index (κ2) is 7.68. The smallest absolute Gasteiger partial charge is 0.240 e. The molecule has 1 aliphatic carbocycles. The molecule has 2 amide bonds. The van der Waals surface area contributed by atoms with Gasteiger partial charge in [0.05, 0.1) is 6.04 Å². The predicted molar refractivity (Wildman–Crippen MR) is 88.6 cm³/mol. The number of hydrogen-bond acceptors (Lipinski definition) is 4. The minimum Gasteiger partial charge on any atom is -0.339 e. The van der Waals surface area contributed by atoms with Crippen LogP contribution in [0.5, 0.6) is 0 Å². The third-order valence-electron chi connectivity index (χ3n) is 5.15. The maximum Gasteiger partial charge on any atom is 0.240 e. The highest BCUT2D eigenvalue weighted by atomic mass is 32.2. The van der Waals surface area contributed by atoms with Crippen LogP contribution in [0.2, 0.25) is 0 Å². The number of carbonyl (C=O) groups excluding carboxylic acids is 2. The molecule has 1 saturated carbocycles. The van der Waals surface area contributed by atoms with Gasteiger partial charge < -0.3 is 9.80 Å². The zero-order valence-electron chi connectivity index (χ0n) is 13.3. The van der Waals surface area contributed by atoms with E-state index < -0.39 is 0 Å². The first-order chi connectivity index (χ1) is 10.7. The fourth-order valence-corrected chi connectivity index (χ4v) is 4.65. The topological polar surface area (TPSA) is 52.7 Å². The van der Waals surface area contributed by atoms with Crippen LogP contribution in [-0.2, 0) is 9.59 Å². The first-order valence-electron chi connectivity index (χ1n) is 8.62. The Bertz CT molecular complexity index is 398. The second-order valence-electron chi connectivity index (χ2n) is 6.69. The Hall–Kier alpha value is -0.750. The summed E-state index contributed by atoms with van der Waals surface area (Å²) < 4.78 is 0. The highest BCUT2D eigenvalue weighted by Crippen LogP contribution is 2.27. The monoisotopic (exact) mass is 325 g/mol. The molecule has 0 aromatic carbocycles. The van der Waals surface area contributed by atoms with Crippen molar-refractivity contribution in [2.75, 3.05) is 37.8 Å². The highest BCUT2D eigenvalue weighted by molar-refractivity contribution is 7.99. The average Bonchev–Trinajstić information content (AvgIpc) is 3.10. The molecule has 22 heavy (non-hydrogen) atoms. The second-order valence-corrected chi connectivity index (χ2v) is 7.72. The number of nitrogens with zero attached hydrogens (tertiary/aromatic N) is 2. The van der Waals surface area contributed by atoms with E-state index in [1.807, 2.05) is 9.80 Å². The van der Waals surface area contributed by atoms with E-state index in [4.69, 9.17) is 0 Å². The molecule has 2 heterocycles. The van der Waals surface area contributed by atoms with E-state index in [0.29, 0.717) is 38.0 Å². The van der Waals surface area contributed by atoms with Crippen molar-refractivity contribution in [1.82, 2.24) is 15.1 Å². The summed E-state index contributed by atoms with van der Waals surface area (Å²) in [6.07, 6.45) is 7.05. The zero-order chi connectivity index (χ0) is 15.4. The number of rotatable bonds is 3. The summed E-state index contributed by atoms with van der Waals surface area (Å²) in [5, 5.41) is 3.23. The lowest BCUT2D eigenvalue weighted by Crippen LogP contribution is -2.54. The third kappa shape index (κ3) is 3.96. The van der Waals surface area contributed by atoms with Crippen molar-refractivity contribution in [2.45, 2.75) is 44.6 Å². The molecule has 5 nitrogen and oxygen atoms in total. The molecule has 3 rings (SSSR count). The minimum absolute atomic E-state index is 0.0190. The summed E-state index contributed by atoms with van der Waals surface area (Å²) in [7, 11) is 0. The van der Waals surface area contributed by atoms with E-state index >= 15 is 0 Å². The highest BCUT2D eigenvalue weighted by Gasteiger charge is 2.31. The van der Waals surface area contributed by atoms with Crippen molar-refractivity contribution >= 4 is 23.6 Å². The number of carbonyl (C=O) groups is 2. The predicted octanol–water partition coefficient (Wildman–Crippen LogP) is 1.29. The van der Waals surface area contributed by atoms with Gasteiger partial charge in [0.2, 0.25) is 11.8 Å². The lowest BCUT2D eigenvalue weighted by molar-refractivity contribution is -0.141. The van der Waals surface area contributed by atoms with Crippen LogP contribution < -0.4 is 5.32 Å². The third-order valence-corrected chi connectivity index (χ3v) is 6.09. The van der Waals surface area contributed by atoms with Crippen LogP contribution >= 0.6 is 11.8 Å².